The topological polar surface area (TPSA) is 138 Å². The number of ether oxygens (including phenoxy) is 1. The van der Waals surface area contributed by atoms with E-state index in [1.165, 1.54) is 6.92 Å². The van der Waals surface area contributed by atoms with E-state index in [1.54, 1.807) is 0 Å². The maximum atomic E-state index is 11.4. The lowest BCUT2D eigenvalue weighted by Crippen LogP contribution is -2.15. The van der Waals surface area contributed by atoms with Gasteiger partial charge < -0.3 is 20.1 Å². The fraction of sp³-hybridized carbons (Fsp3) is 0.250. The third kappa shape index (κ3) is 4.67. The second kappa shape index (κ2) is 7.91. The molecule has 0 bridgehead atoms. The molecule has 0 saturated heterocycles. The molecule has 0 spiro atoms. The molecule has 0 unspecified atom stereocenters. The quantitative estimate of drug-likeness (QED) is 0.371. The molecule has 0 aliphatic rings. The van der Waals surface area contributed by atoms with Gasteiger partial charge in [0.2, 0.25) is 0 Å². The number of carboxylic acids is 3. The molecule has 0 fully saturated rings. The summed E-state index contributed by atoms with van der Waals surface area (Å²) in [6.45, 7) is 4.84. The van der Waals surface area contributed by atoms with E-state index in [-0.39, 0.29) is 36.1 Å². The second-order valence-electron chi connectivity index (χ2n) is 4.99. The van der Waals surface area contributed by atoms with Crippen LogP contribution in [0.2, 0.25) is 0 Å². The predicted octanol–water partition coefficient (Wildman–Crippen LogP) is 1.83. The molecular formula is C16H16O8. The average molecular weight is 336 g/mol. The Labute approximate surface area is 137 Å². The Balaban J connectivity index is 3.08. The molecule has 8 nitrogen and oxygen atoms in total. The van der Waals surface area contributed by atoms with Crippen LogP contribution in [0.25, 0.3) is 0 Å². The Morgan fingerprint density at radius 2 is 1.67 bits per heavy atom. The third-order valence-corrected chi connectivity index (χ3v) is 3.08. The van der Waals surface area contributed by atoms with Crippen LogP contribution in [0, 0.1) is 0 Å². The maximum Gasteiger partial charge on any atom is 0.336 e. The molecule has 24 heavy (non-hydrogen) atoms. The van der Waals surface area contributed by atoms with E-state index >= 15 is 0 Å². The molecule has 0 aliphatic heterocycles. The number of carbonyl (C=O) groups excluding carboxylic acids is 1. The highest BCUT2D eigenvalue weighted by Gasteiger charge is 2.23. The van der Waals surface area contributed by atoms with Crippen molar-refractivity contribution in [3.8, 4) is 0 Å². The number of carbonyl (C=O) groups is 4. The molecule has 1 rings (SSSR count). The van der Waals surface area contributed by atoms with Gasteiger partial charge in [-0.2, -0.15) is 0 Å². The molecule has 8 heteroatoms. The van der Waals surface area contributed by atoms with Gasteiger partial charge in [-0.15, -0.1) is 0 Å². The van der Waals surface area contributed by atoms with Gasteiger partial charge in [0, 0.05) is 5.57 Å². The second-order valence-corrected chi connectivity index (χ2v) is 4.99. The van der Waals surface area contributed by atoms with Crippen molar-refractivity contribution in [2.24, 2.45) is 0 Å². The largest absolute Gasteiger partial charge is 0.478 e. The fourth-order valence-electron chi connectivity index (χ4n) is 1.99. The van der Waals surface area contributed by atoms with E-state index < -0.39 is 35.0 Å². The summed E-state index contributed by atoms with van der Waals surface area (Å²) in [6.07, 6.45) is 0.230. The monoisotopic (exact) mass is 336 g/mol. The molecule has 3 N–H and O–H groups in total. The Bertz CT molecular complexity index is 717. The Morgan fingerprint density at radius 3 is 2.12 bits per heavy atom. The third-order valence-electron chi connectivity index (χ3n) is 3.08. The van der Waals surface area contributed by atoms with Crippen LogP contribution in [0.15, 0.2) is 24.3 Å². The first-order valence-electron chi connectivity index (χ1n) is 6.84. The number of esters is 1. The van der Waals surface area contributed by atoms with Gasteiger partial charge in [0.25, 0.3) is 0 Å². The van der Waals surface area contributed by atoms with Crippen molar-refractivity contribution in [2.75, 3.05) is 6.61 Å². The normalized spacial score (nSPS) is 10.0. The van der Waals surface area contributed by atoms with Gasteiger partial charge in [0.15, 0.2) is 0 Å². The molecule has 0 heterocycles. The summed E-state index contributed by atoms with van der Waals surface area (Å²) in [7, 11) is 0. The highest BCUT2D eigenvalue weighted by molar-refractivity contribution is 6.05. The van der Waals surface area contributed by atoms with Gasteiger partial charge in [0.05, 0.1) is 23.3 Å². The van der Waals surface area contributed by atoms with Crippen LogP contribution in [0.1, 0.15) is 50.0 Å². The zero-order chi connectivity index (χ0) is 18.4. The first kappa shape index (κ1) is 18.9. The van der Waals surface area contributed by atoms with Gasteiger partial charge in [-0.05, 0) is 37.5 Å². The molecule has 1 aromatic rings. The molecule has 0 atom stereocenters. The number of aromatic carboxylic acids is 3. The molecule has 0 radical (unpaired) electrons. The van der Waals surface area contributed by atoms with E-state index in [4.69, 9.17) is 14.9 Å². The van der Waals surface area contributed by atoms with E-state index in [9.17, 15) is 24.3 Å². The van der Waals surface area contributed by atoms with Crippen molar-refractivity contribution in [3.63, 3.8) is 0 Å². The van der Waals surface area contributed by atoms with Crippen LogP contribution < -0.4 is 0 Å². The van der Waals surface area contributed by atoms with Crippen LogP contribution in [-0.2, 0) is 16.0 Å². The first-order valence-corrected chi connectivity index (χ1v) is 6.84. The summed E-state index contributed by atoms with van der Waals surface area (Å²) in [5.74, 6) is -4.98. The molecule has 0 saturated carbocycles. The van der Waals surface area contributed by atoms with Crippen molar-refractivity contribution in [1.29, 1.82) is 0 Å². The summed E-state index contributed by atoms with van der Waals surface area (Å²) in [5.41, 5.74) is -1.14. The number of rotatable bonds is 8. The lowest BCUT2D eigenvalue weighted by Gasteiger charge is -2.11. The number of carboxylic acid groups (broad SMARTS) is 3. The summed E-state index contributed by atoms with van der Waals surface area (Å²) in [6, 6.07) is 1.91. The molecule has 1 aromatic carbocycles. The lowest BCUT2D eigenvalue weighted by atomic mass is 9.94. The van der Waals surface area contributed by atoms with E-state index in [1.807, 2.05) is 0 Å². The minimum absolute atomic E-state index is 0.0342. The molecular weight excluding hydrogens is 320 g/mol. The van der Waals surface area contributed by atoms with E-state index in [2.05, 4.69) is 6.58 Å². The van der Waals surface area contributed by atoms with Crippen molar-refractivity contribution in [1.82, 2.24) is 0 Å². The first-order chi connectivity index (χ1) is 11.1. The summed E-state index contributed by atoms with van der Waals surface area (Å²) < 4.78 is 4.86. The Kier molecular flexibility index (Phi) is 6.22. The summed E-state index contributed by atoms with van der Waals surface area (Å²) in [5, 5.41) is 27.4. The molecule has 128 valence electrons. The van der Waals surface area contributed by atoms with Crippen LogP contribution in [0.5, 0.6) is 0 Å². The van der Waals surface area contributed by atoms with Gasteiger partial charge in [-0.3, -0.25) is 0 Å². The smallest absolute Gasteiger partial charge is 0.336 e. The summed E-state index contributed by atoms with van der Waals surface area (Å²) >= 11 is 0. The van der Waals surface area contributed by atoms with Crippen molar-refractivity contribution < 1.29 is 39.2 Å². The van der Waals surface area contributed by atoms with Crippen molar-refractivity contribution >= 4 is 23.9 Å². The van der Waals surface area contributed by atoms with Crippen LogP contribution in [-0.4, -0.2) is 45.8 Å². The van der Waals surface area contributed by atoms with Crippen LogP contribution in [0.3, 0.4) is 0 Å². The Morgan fingerprint density at radius 1 is 1.04 bits per heavy atom. The SMILES string of the molecule is C=C(C)C(=O)OCCCc1cc(C(=O)O)cc(C(=O)O)c1C(=O)O. The van der Waals surface area contributed by atoms with Gasteiger partial charge in [-0.25, -0.2) is 19.2 Å². The van der Waals surface area contributed by atoms with Crippen LogP contribution >= 0.6 is 0 Å². The highest BCUT2D eigenvalue weighted by atomic mass is 16.5. The zero-order valence-electron chi connectivity index (χ0n) is 12.9. The van der Waals surface area contributed by atoms with Gasteiger partial charge in [-0.1, -0.05) is 6.58 Å². The van der Waals surface area contributed by atoms with Gasteiger partial charge >= 0.3 is 23.9 Å². The van der Waals surface area contributed by atoms with Crippen molar-refractivity contribution in [3.05, 3.63) is 46.5 Å². The molecule has 0 amide bonds. The number of hydrogen-bond acceptors (Lipinski definition) is 5. The molecule has 0 aliphatic carbocycles. The zero-order valence-corrected chi connectivity index (χ0v) is 12.9. The Hall–Kier alpha value is -3.16. The van der Waals surface area contributed by atoms with Gasteiger partial charge in [0.1, 0.15) is 0 Å². The fourth-order valence-corrected chi connectivity index (χ4v) is 1.99. The van der Waals surface area contributed by atoms with Crippen molar-refractivity contribution in [2.45, 2.75) is 19.8 Å². The summed E-state index contributed by atoms with van der Waals surface area (Å²) in [4.78, 5) is 44.9. The average Bonchev–Trinajstić information content (AvgIpc) is 2.49. The molecule has 0 aromatic heterocycles. The number of benzene rings is 1. The minimum Gasteiger partial charge on any atom is -0.478 e. The number of aryl methyl sites for hydroxylation is 1. The predicted molar refractivity (Wildman–Crippen MR) is 81.4 cm³/mol. The minimum atomic E-state index is -1.54. The van der Waals surface area contributed by atoms with E-state index in [0.717, 1.165) is 12.1 Å². The lowest BCUT2D eigenvalue weighted by molar-refractivity contribution is -0.139. The highest BCUT2D eigenvalue weighted by Crippen LogP contribution is 2.20. The van der Waals surface area contributed by atoms with E-state index in [0.29, 0.717) is 0 Å². The van der Waals surface area contributed by atoms with Crippen LogP contribution in [0.4, 0.5) is 0 Å². The number of hydrogen-bond donors (Lipinski definition) is 3. The maximum absolute atomic E-state index is 11.4. The standard InChI is InChI=1S/C16H16O8/c1-8(2)16(23)24-5-3-4-9-6-10(13(17)18)7-11(14(19)20)12(9)15(21)22/h6-7H,1,3-5H2,2H3,(H,17,18)(H,19,20)(H,21,22).